The Morgan fingerprint density at radius 3 is 1.45 bits per heavy atom. The Bertz CT molecular complexity index is 2330. The molecule has 0 N–H and O–H groups in total. The fourth-order valence-electron chi connectivity index (χ4n) is 7.25. The van der Waals surface area contributed by atoms with Gasteiger partial charge in [0.15, 0.2) is 0 Å². The van der Waals surface area contributed by atoms with E-state index in [-0.39, 0.29) is 0 Å². The molecule has 1 heteroatoms. The molecule has 0 bridgehead atoms. The summed E-state index contributed by atoms with van der Waals surface area (Å²) in [7, 11) is 0. The van der Waals surface area contributed by atoms with Crippen molar-refractivity contribution in [1.29, 1.82) is 0 Å². The lowest BCUT2D eigenvalue weighted by molar-refractivity contribution is 1.28. The van der Waals surface area contributed by atoms with Gasteiger partial charge in [-0.3, -0.25) is 0 Å². The summed E-state index contributed by atoms with van der Waals surface area (Å²) >= 11 is 0. The van der Waals surface area contributed by atoms with Crippen molar-refractivity contribution in [3.05, 3.63) is 187 Å². The van der Waals surface area contributed by atoms with Gasteiger partial charge >= 0.3 is 0 Å². The topological polar surface area (TPSA) is 12.9 Å². The number of rotatable bonds is 5. The lowest BCUT2D eigenvalue weighted by atomic mass is 9.90. The molecule has 1 aliphatic rings. The van der Waals surface area contributed by atoms with Crippen molar-refractivity contribution in [3.8, 4) is 67.0 Å². The van der Waals surface area contributed by atoms with Gasteiger partial charge in [-0.25, -0.2) is 4.98 Å². The number of fused-ring (bicyclic) bond motifs is 5. The van der Waals surface area contributed by atoms with Gasteiger partial charge in [0.25, 0.3) is 0 Å². The molecule has 1 heterocycles. The molecule has 0 amide bonds. The van der Waals surface area contributed by atoms with Crippen LogP contribution < -0.4 is 0 Å². The molecular formula is C46H31N. The fraction of sp³-hybridized carbons (Fsp3) is 0.0217. The molecule has 8 aromatic rings. The molecule has 0 saturated carbocycles. The van der Waals surface area contributed by atoms with Crippen molar-refractivity contribution < 1.29 is 0 Å². The molecule has 1 aromatic heterocycles. The van der Waals surface area contributed by atoms with Gasteiger partial charge in [-0.1, -0.05) is 158 Å². The van der Waals surface area contributed by atoms with Gasteiger partial charge in [-0.15, -0.1) is 0 Å². The van der Waals surface area contributed by atoms with E-state index in [1.54, 1.807) is 0 Å². The zero-order valence-corrected chi connectivity index (χ0v) is 25.9. The van der Waals surface area contributed by atoms with Gasteiger partial charge < -0.3 is 0 Å². The molecule has 1 nitrogen and oxygen atoms in total. The first-order valence-corrected chi connectivity index (χ1v) is 16.3. The van der Waals surface area contributed by atoms with Crippen molar-refractivity contribution in [2.45, 2.75) is 6.42 Å². The minimum absolute atomic E-state index is 0.949. The maximum absolute atomic E-state index is 5.08. The summed E-state index contributed by atoms with van der Waals surface area (Å²) in [6.07, 6.45) is 0.949. The number of hydrogen-bond acceptors (Lipinski definition) is 1. The first-order chi connectivity index (χ1) is 23.3. The lowest BCUT2D eigenvalue weighted by Gasteiger charge is -2.14. The molecule has 0 aliphatic heterocycles. The highest BCUT2D eigenvalue weighted by Gasteiger charge is 2.25. The van der Waals surface area contributed by atoms with Gasteiger partial charge in [0, 0.05) is 11.1 Å². The molecule has 0 radical (unpaired) electrons. The van der Waals surface area contributed by atoms with Crippen LogP contribution in [0.15, 0.2) is 176 Å². The second kappa shape index (κ2) is 11.4. The monoisotopic (exact) mass is 597 g/mol. The van der Waals surface area contributed by atoms with Crippen molar-refractivity contribution in [2.24, 2.45) is 0 Å². The Morgan fingerprint density at radius 1 is 0.298 bits per heavy atom. The van der Waals surface area contributed by atoms with E-state index in [4.69, 9.17) is 4.98 Å². The van der Waals surface area contributed by atoms with Crippen molar-refractivity contribution >= 4 is 10.8 Å². The molecule has 47 heavy (non-hydrogen) atoms. The Kier molecular flexibility index (Phi) is 6.61. The second-order valence-corrected chi connectivity index (χ2v) is 12.3. The molecule has 220 valence electrons. The van der Waals surface area contributed by atoms with Crippen LogP contribution in [0.2, 0.25) is 0 Å². The fourth-order valence-corrected chi connectivity index (χ4v) is 7.25. The predicted molar refractivity (Wildman–Crippen MR) is 197 cm³/mol. The van der Waals surface area contributed by atoms with Crippen LogP contribution in [0.1, 0.15) is 11.1 Å². The SMILES string of the molecule is c1ccc(-c2cc(-c3ccc(-c4cc5c(c6ccccc46)Cc4c(-c6ccccc6)cccc4-5)cc3)cc(-c3ccccc3)n2)cc1. The highest BCUT2D eigenvalue weighted by molar-refractivity contribution is 6.05. The average molecular weight is 598 g/mol. The van der Waals surface area contributed by atoms with Crippen LogP contribution in [0.4, 0.5) is 0 Å². The third kappa shape index (κ3) is 4.85. The number of nitrogens with zero attached hydrogens (tertiary/aromatic N) is 1. The standard InChI is InChI=1S/C46H31N/c1-4-13-32(14-5-1)37-21-12-22-40-42(37)30-44-39-20-11-10-19-38(39)41(29-43(40)44)33-25-23-31(24-26-33)36-27-45(34-15-6-2-7-16-34)47-46(28-36)35-17-8-3-9-18-35/h1-29H,30H2. The van der Waals surface area contributed by atoms with E-state index >= 15 is 0 Å². The number of benzene rings is 7. The Labute approximate surface area is 275 Å². The van der Waals surface area contributed by atoms with Crippen LogP contribution in [0.5, 0.6) is 0 Å². The molecule has 0 fully saturated rings. The maximum atomic E-state index is 5.08. The average Bonchev–Trinajstić information content (AvgIpc) is 3.55. The summed E-state index contributed by atoms with van der Waals surface area (Å²) in [6, 6.07) is 63.3. The minimum atomic E-state index is 0.949. The molecule has 7 aromatic carbocycles. The van der Waals surface area contributed by atoms with Gasteiger partial charge in [-0.2, -0.15) is 0 Å². The predicted octanol–water partition coefficient (Wildman–Crippen LogP) is 12.1. The number of aromatic nitrogens is 1. The maximum Gasteiger partial charge on any atom is 0.0715 e. The summed E-state index contributed by atoms with van der Waals surface area (Å²) in [5.41, 5.74) is 17.2. The smallest absolute Gasteiger partial charge is 0.0715 e. The van der Waals surface area contributed by atoms with Crippen LogP contribution in [0, 0.1) is 0 Å². The van der Waals surface area contributed by atoms with Crippen molar-refractivity contribution in [2.75, 3.05) is 0 Å². The van der Waals surface area contributed by atoms with Crippen molar-refractivity contribution in [3.63, 3.8) is 0 Å². The first kappa shape index (κ1) is 27.3. The molecular weight excluding hydrogens is 567 g/mol. The lowest BCUT2D eigenvalue weighted by Crippen LogP contribution is -1.91. The normalized spacial score (nSPS) is 11.7. The first-order valence-electron chi connectivity index (χ1n) is 16.3. The quantitative estimate of drug-likeness (QED) is 0.192. The zero-order chi connectivity index (χ0) is 31.2. The van der Waals surface area contributed by atoms with Crippen LogP contribution in [0.3, 0.4) is 0 Å². The minimum Gasteiger partial charge on any atom is -0.248 e. The molecule has 1 aliphatic carbocycles. The van der Waals surface area contributed by atoms with E-state index in [0.717, 1.165) is 34.5 Å². The van der Waals surface area contributed by atoms with Gasteiger partial charge in [0.1, 0.15) is 0 Å². The van der Waals surface area contributed by atoms with Crippen LogP contribution in [0.25, 0.3) is 77.8 Å². The third-order valence-electron chi connectivity index (χ3n) is 9.55. The summed E-state index contributed by atoms with van der Waals surface area (Å²) in [6.45, 7) is 0. The molecule has 0 saturated heterocycles. The third-order valence-corrected chi connectivity index (χ3v) is 9.55. The summed E-state index contributed by atoms with van der Waals surface area (Å²) in [5, 5.41) is 2.64. The molecule has 0 spiro atoms. The second-order valence-electron chi connectivity index (χ2n) is 12.3. The van der Waals surface area contributed by atoms with Crippen LogP contribution in [-0.2, 0) is 6.42 Å². The largest absolute Gasteiger partial charge is 0.248 e. The Balaban J connectivity index is 1.15. The van der Waals surface area contributed by atoms with E-state index in [1.165, 1.54) is 60.8 Å². The molecule has 0 atom stereocenters. The summed E-state index contributed by atoms with van der Waals surface area (Å²) in [4.78, 5) is 5.08. The Morgan fingerprint density at radius 2 is 0.809 bits per heavy atom. The van der Waals surface area contributed by atoms with E-state index in [9.17, 15) is 0 Å². The van der Waals surface area contributed by atoms with Crippen molar-refractivity contribution in [1.82, 2.24) is 4.98 Å². The van der Waals surface area contributed by atoms with E-state index in [1.807, 2.05) is 12.1 Å². The summed E-state index contributed by atoms with van der Waals surface area (Å²) in [5.74, 6) is 0. The van der Waals surface area contributed by atoms with E-state index < -0.39 is 0 Å². The number of pyridine rings is 1. The van der Waals surface area contributed by atoms with E-state index in [0.29, 0.717) is 0 Å². The molecule has 0 unspecified atom stereocenters. The van der Waals surface area contributed by atoms with Gasteiger partial charge in [-0.05, 0) is 91.0 Å². The summed E-state index contributed by atoms with van der Waals surface area (Å²) < 4.78 is 0. The van der Waals surface area contributed by atoms with Crippen LogP contribution in [-0.4, -0.2) is 4.98 Å². The Hall–Kier alpha value is -6.05. The highest BCUT2D eigenvalue weighted by atomic mass is 14.7. The van der Waals surface area contributed by atoms with E-state index in [2.05, 4.69) is 164 Å². The molecule has 9 rings (SSSR count). The zero-order valence-electron chi connectivity index (χ0n) is 25.9. The number of hydrogen-bond donors (Lipinski definition) is 0. The van der Waals surface area contributed by atoms with Gasteiger partial charge in [0.05, 0.1) is 11.4 Å². The van der Waals surface area contributed by atoms with Crippen LogP contribution >= 0.6 is 0 Å². The van der Waals surface area contributed by atoms with Gasteiger partial charge in [0.2, 0.25) is 0 Å². The highest BCUT2D eigenvalue weighted by Crippen LogP contribution is 2.47.